The average Bonchev–Trinajstić information content (AvgIpc) is 3.28. The molecular weight excluding hydrogens is 384 g/mol. The Morgan fingerprint density at radius 3 is 2.83 bits per heavy atom. The fourth-order valence-corrected chi connectivity index (χ4v) is 7.32. The summed E-state index contributed by atoms with van der Waals surface area (Å²) in [5.74, 6) is 5.50. The number of nitrogens with one attached hydrogen (secondary N) is 1. The Morgan fingerprint density at radius 2 is 2.17 bits per heavy atom. The van der Waals surface area contributed by atoms with Gasteiger partial charge in [-0.3, -0.25) is 15.1 Å². The number of benzene rings is 1. The fraction of sp³-hybridized carbons (Fsp3) is 0.591. The molecule has 6 atom stereocenters. The van der Waals surface area contributed by atoms with Crippen LogP contribution in [0.1, 0.15) is 25.3 Å². The van der Waals surface area contributed by atoms with Gasteiger partial charge in [0, 0.05) is 42.2 Å². The van der Waals surface area contributed by atoms with E-state index in [0.717, 1.165) is 30.8 Å². The Hall–Kier alpha value is -2.13. The number of amides is 1. The van der Waals surface area contributed by atoms with Gasteiger partial charge in [-0.1, -0.05) is 25.1 Å². The molecule has 1 aromatic carbocycles. The van der Waals surface area contributed by atoms with Crippen LogP contribution in [0.2, 0.25) is 0 Å². The van der Waals surface area contributed by atoms with E-state index in [1.165, 1.54) is 0 Å². The topological polar surface area (TPSA) is 111 Å². The first-order valence-electron chi connectivity index (χ1n) is 10.6. The number of anilines is 1. The summed E-state index contributed by atoms with van der Waals surface area (Å²) < 4.78 is 5.45. The molecule has 0 unspecified atom stereocenters. The van der Waals surface area contributed by atoms with Gasteiger partial charge in [0.05, 0.1) is 13.2 Å². The number of hydrazine groups is 1. The van der Waals surface area contributed by atoms with Crippen LogP contribution in [0.25, 0.3) is 0 Å². The van der Waals surface area contributed by atoms with E-state index in [2.05, 4.69) is 22.5 Å². The molecule has 8 nitrogen and oxygen atoms in total. The smallest absolute Gasteiger partial charge is 0.270 e. The minimum absolute atomic E-state index is 0.0389. The maximum atomic E-state index is 13.1. The lowest BCUT2D eigenvalue weighted by atomic mass is 9.47. The molecule has 3 aliphatic heterocycles. The second-order valence-corrected chi connectivity index (χ2v) is 9.15. The number of carbonyl (C=O) groups excluding carboxylic acids is 1. The van der Waals surface area contributed by atoms with Crippen LogP contribution in [-0.4, -0.2) is 72.1 Å². The largest absolute Gasteiger partial charge is 0.497 e. The van der Waals surface area contributed by atoms with Gasteiger partial charge in [-0.2, -0.15) is 0 Å². The fourth-order valence-electron chi connectivity index (χ4n) is 7.32. The molecule has 1 spiro atoms. The average molecular weight is 415 g/mol. The van der Waals surface area contributed by atoms with Crippen molar-refractivity contribution in [2.24, 2.45) is 11.3 Å². The zero-order valence-electron chi connectivity index (χ0n) is 17.6. The first-order valence-corrected chi connectivity index (χ1v) is 10.6. The number of fused-ring (bicyclic) bond motifs is 1. The van der Waals surface area contributed by atoms with Gasteiger partial charge < -0.3 is 19.8 Å². The molecule has 162 valence electrons. The predicted molar refractivity (Wildman–Crippen MR) is 112 cm³/mol. The molecule has 5 rings (SSSR count). The van der Waals surface area contributed by atoms with Crippen LogP contribution in [0.5, 0.6) is 5.75 Å². The standard InChI is InChI=1S/C22H30N4O4/c1-4-20-8-5-10-26-11-9-21(16(20)26)14-7-6-13(30-3)12-15(14)25(2)17(21)22(29,18(20)27)19(28)24-23/h5-8,12,16-18,27,29H,4,9-11,23H2,1-3H3,(H,24,28)/t16-,17+,18+,20+,21+,22-/m0/s1. The van der Waals surface area contributed by atoms with E-state index in [1.54, 1.807) is 7.11 Å². The monoisotopic (exact) mass is 414 g/mol. The highest BCUT2D eigenvalue weighted by molar-refractivity contribution is 5.90. The third kappa shape index (κ3) is 1.94. The van der Waals surface area contributed by atoms with Gasteiger partial charge >= 0.3 is 0 Å². The number of hydrogen-bond donors (Lipinski definition) is 4. The van der Waals surface area contributed by atoms with Gasteiger partial charge in [0.15, 0.2) is 5.60 Å². The molecule has 30 heavy (non-hydrogen) atoms. The Kier molecular flexibility index (Phi) is 4.09. The summed E-state index contributed by atoms with van der Waals surface area (Å²) in [6, 6.07) is 5.25. The quantitative estimate of drug-likeness (QED) is 0.236. The molecule has 1 saturated carbocycles. The summed E-state index contributed by atoms with van der Waals surface area (Å²) in [6.45, 7) is 3.64. The van der Waals surface area contributed by atoms with Crippen LogP contribution in [-0.2, 0) is 10.2 Å². The number of hydrogen-bond acceptors (Lipinski definition) is 7. The van der Waals surface area contributed by atoms with E-state index < -0.39 is 34.5 Å². The number of methoxy groups -OCH3 is 1. The molecule has 5 N–H and O–H groups in total. The lowest BCUT2D eigenvalue weighted by Crippen LogP contribution is -2.82. The molecule has 0 aromatic heterocycles. The van der Waals surface area contributed by atoms with Crippen LogP contribution in [0.3, 0.4) is 0 Å². The molecule has 4 aliphatic rings. The highest BCUT2D eigenvalue weighted by Crippen LogP contribution is 2.66. The van der Waals surface area contributed by atoms with Crippen LogP contribution in [0, 0.1) is 5.41 Å². The minimum atomic E-state index is -2.08. The number of likely N-dealkylation sites (N-methyl/N-ethyl adjacent to an activating group) is 1. The first-order chi connectivity index (χ1) is 14.3. The van der Waals surface area contributed by atoms with E-state index in [4.69, 9.17) is 10.6 Å². The van der Waals surface area contributed by atoms with Gasteiger partial charge in [-0.15, -0.1) is 0 Å². The zero-order valence-corrected chi connectivity index (χ0v) is 17.6. The van der Waals surface area contributed by atoms with Crippen LogP contribution in [0.15, 0.2) is 30.4 Å². The number of aliphatic hydroxyl groups is 2. The molecule has 1 saturated heterocycles. The molecule has 1 aliphatic carbocycles. The van der Waals surface area contributed by atoms with Gasteiger partial charge in [0.2, 0.25) is 0 Å². The summed E-state index contributed by atoms with van der Waals surface area (Å²) >= 11 is 0. The summed E-state index contributed by atoms with van der Waals surface area (Å²) in [6.07, 6.45) is 4.14. The molecule has 0 radical (unpaired) electrons. The summed E-state index contributed by atoms with van der Waals surface area (Å²) in [4.78, 5) is 17.5. The second-order valence-electron chi connectivity index (χ2n) is 9.15. The molecular formula is C22H30N4O4. The maximum absolute atomic E-state index is 13.1. The lowest BCUT2D eigenvalue weighted by molar-refractivity contribution is -0.203. The van der Waals surface area contributed by atoms with E-state index >= 15 is 0 Å². The maximum Gasteiger partial charge on any atom is 0.270 e. The zero-order chi connectivity index (χ0) is 21.5. The Labute approximate surface area is 176 Å². The number of rotatable bonds is 3. The van der Waals surface area contributed by atoms with Crippen molar-refractivity contribution in [1.82, 2.24) is 10.3 Å². The molecule has 8 heteroatoms. The molecule has 2 fully saturated rings. The van der Waals surface area contributed by atoms with Crippen molar-refractivity contribution >= 4 is 11.6 Å². The van der Waals surface area contributed by atoms with Gasteiger partial charge in [0.25, 0.3) is 5.91 Å². The summed E-state index contributed by atoms with van der Waals surface area (Å²) in [5.41, 5.74) is 0.764. The normalized spacial score (nSPS) is 41.3. The number of aliphatic hydroxyl groups excluding tert-OH is 1. The number of ether oxygens (including phenoxy) is 1. The SMILES string of the molecule is CC[C@]12C=CCN3CC[C@@]4(c5ccc(OC)cc5N(C)[C@H]4[C@@](O)(C(=O)NN)[C@@H]1O)[C@@H]32. The third-order valence-electron chi connectivity index (χ3n) is 8.35. The van der Waals surface area contributed by atoms with Crippen molar-refractivity contribution in [2.45, 2.75) is 49.0 Å². The van der Waals surface area contributed by atoms with Crippen LogP contribution >= 0.6 is 0 Å². The Morgan fingerprint density at radius 1 is 1.40 bits per heavy atom. The van der Waals surface area contributed by atoms with Crippen LogP contribution in [0.4, 0.5) is 5.69 Å². The molecule has 1 aromatic rings. The van der Waals surface area contributed by atoms with Crippen molar-refractivity contribution in [3.05, 3.63) is 35.9 Å². The van der Waals surface area contributed by atoms with Crippen molar-refractivity contribution in [1.29, 1.82) is 0 Å². The minimum Gasteiger partial charge on any atom is -0.497 e. The number of carbonyl (C=O) groups is 1. The summed E-state index contributed by atoms with van der Waals surface area (Å²) in [7, 11) is 3.49. The predicted octanol–water partition coefficient (Wildman–Crippen LogP) is -0.113. The number of nitrogens with two attached hydrogens (primary N) is 1. The van der Waals surface area contributed by atoms with Gasteiger partial charge in [-0.25, -0.2) is 5.84 Å². The highest BCUT2D eigenvalue weighted by Gasteiger charge is 2.78. The van der Waals surface area contributed by atoms with Crippen LogP contribution < -0.4 is 20.9 Å². The number of nitrogens with zero attached hydrogens (tertiary/aromatic N) is 2. The first kappa shape index (κ1) is 19.8. The summed E-state index contributed by atoms with van der Waals surface area (Å²) in [5, 5.41) is 23.7. The Bertz CT molecular complexity index is 938. The van der Waals surface area contributed by atoms with E-state index in [0.29, 0.717) is 12.2 Å². The van der Waals surface area contributed by atoms with E-state index in [-0.39, 0.29) is 6.04 Å². The van der Waals surface area contributed by atoms with Gasteiger partial charge in [-0.05, 0) is 31.0 Å². The molecule has 0 bridgehead atoms. The van der Waals surface area contributed by atoms with Gasteiger partial charge in [0.1, 0.15) is 11.9 Å². The van der Waals surface area contributed by atoms with Crippen molar-refractivity contribution in [3.8, 4) is 5.75 Å². The highest BCUT2D eigenvalue weighted by atomic mass is 16.5. The van der Waals surface area contributed by atoms with Crippen molar-refractivity contribution < 1.29 is 19.7 Å². The van der Waals surface area contributed by atoms with Crippen molar-refractivity contribution in [2.75, 3.05) is 32.1 Å². The van der Waals surface area contributed by atoms with E-state index in [9.17, 15) is 15.0 Å². The van der Waals surface area contributed by atoms with E-state index in [1.807, 2.05) is 37.1 Å². The molecule has 3 heterocycles. The Balaban J connectivity index is 1.85. The molecule has 1 amide bonds. The third-order valence-corrected chi connectivity index (χ3v) is 8.35. The van der Waals surface area contributed by atoms with Crippen molar-refractivity contribution in [3.63, 3.8) is 0 Å². The lowest BCUT2D eigenvalue weighted by Gasteiger charge is -2.63. The second kappa shape index (κ2) is 6.20.